The number of carbonyl (C=O) groups excluding carboxylic acids is 1. The fourth-order valence-electron chi connectivity index (χ4n) is 1.90. The predicted molar refractivity (Wildman–Crippen MR) is 72.4 cm³/mol. The molecule has 19 heavy (non-hydrogen) atoms. The molecule has 0 fully saturated rings. The van der Waals surface area contributed by atoms with Gasteiger partial charge in [0.2, 0.25) is 0 Å². The summed E-state index contributed by atoms with van der Waals surface area (Å²) in [6.45, 7) is 7.05. The van der Waals surface area contributed by atoms with Crippen LogP contribution in [0, 0.1) is 11.6 Å². The summed E-state index contributed by atoms with van der Waals surface area (Å²) in [6.07, 6.45) is 0.806. The van der Waals surface area contributed by atoms with Crippen molar-refractivity contribution in [3.8, 4) is 0 Å². The zero-order valence-electron chi connectivity index (χ0n) is 11.6. The highest BCUT2D eigenvalue weighted by Gasteiger charge is 2.18. The van der Waals surface area contributed by atoms with Crippen LogP contribution in [0.5, 0.6) is 0 Å². The summed E-state index contributed by atoms with van der Waals surface area (Å²) in [6, 6.07) is 2.17. The minimum Gasteiger partial charge on any atom is -0.381 e. The quantitative estimate of drug-likeness (QED) is 0.860. The van der Waals surface area contributed by atoms with Crippen molar-refractivity contribution in [1.29, 1.82) is 0 Å². The Kier molecular flexibility index (Phi) is 5.73. The number of hydrogen-bond acceptors (Lipinski definition) is 2. The number of benzene rings is 1. The average molecular weight is 270 g/mol. The molecule has 0 aromatic heterocycles. The van der Waals surface area contributed by atoms with Gasteiger partial charge in [-0.15, -0.1) is 0 Å². The molecule has 0 atom stereocenters. The van der Waals surface area contributed by atoms with E-state index in [1.54, 1.807) is 11.8 Å². The molecule has 5 heteroatoms. The summed E-state index contributed by atoms with van der Waals surface area (Å²) >= 11 is 0. The molecule has 0 aliphatic heterocycles. The Morgan fingerprint density at radius 3 is 2.21 bits per heavy atom. The van der Waals surface area contributed by atoms with Gasteiger partial charge in [0.05, 0.1) is 0 Å². The number of hydrogen-bond donors (Lipinski definition) is 1. The van der Waals surface area contributed by atoms with Gasteiger partial charge in [-0.05, 0) is 32.4 Å². The standard InChI is InChI=1S/C14H20F2N2O/c1-4-7-18(6-3)14(19)10-8-11(15)13(17-5-2)12(16)9-10/h8-9,17H,4-7H2,1-3H3. The Hall–Kier alpha value is -1.65. The van der Waals surface area contributed by atoms with Crippen LogP contribution in [0.15, 0.2) is 12.1 Å². The van der Waals surface area contributed by atoms with Gasteiger partial charge in [-0.25, -0.2) is 8.78 Å². The van der Waals surface area contributed by atoms with Crippen molar-refractivity contribution in [2.24, 2.45) is 0 Å². The fourth-order valence-corrected chi connectivity index (χ4v) is 1.90. The highest BCUT2D eigenvalue weighted by Crippen LogP contribution is 2.21. The minimum absolute atomic E-state index is 0.0481. The summed E-state index contributed by atoms with van der Waals surface area (Å²) < 4.78 is 27.5. The topological polar surface area (TPSA) is 32.3 Å². The first kappa shape index (κ1) is 15.4. The number of nitrogens with zero attached hydrogens (tertiary/aromatic N) is 1. The molecular formula is C14H20F2N2O. The monoisotopic (exact) mass is 270 g/mol. The van der Waals surface area contributed by atoms with E-state index in [0.29, 0.717) is 19.6 Å². The highest BCUT2D eigenvalue weighted by molar-refractivity contribution is 5.94. The molecule has 0 saturated heterocycles. The second-order valence-corrected chi connectivity index (χ2v) is 4.23. The summed E-state index contributed by atoms with van der Waals surface area (Å²) in [4.78, 5) is 13.7. The van der Waals surface area contributed by atoms with Gasteiger partial charge in [0, 0.05) is 25.2 Å². The molecule has 106 valence electrons. The number of rotatable bonds is 6. The normalized spacial score (nSPS) is 10.4. The maximum absolute atomic E-state index is 13.7. The molecule has 0 spiro atoms. The molecule has 0 saturated carbocycles. The first-order chi connectivity index (χ1) is 9.04. The lowest BCUT2D eigenvalue weighted by atomic mass is 10.1. The largest absolute Gasteiger partial charge is 0.381 e. The van der Waals surface area contributed by atoms with Crippen molar-refractivity contribution < 1.29 is 13.6 Å². The van der Waals surface area contributed by atoms with E-state index >= 15 is 0 Å². The number of nitrogens with one attached hydrogen (secondary N) is 1. The van der Waals surface area contributed by atoms with Crippen LogP contribution in [0.4, 0.5) is 14.5 Å². The molecule has 0 aliphatic carbocycles. The first-order valence-corrected chi connectivity index (χ1v) is 6.57. The van der Waals surface area contributed by atoms with E-state index < -0.39 is 11.6 Å². The second kappa shape index (κ2) is 7.07. The van der Waals surface area contributed by atoms with E-state index in [-0.39, 0.29) is 17.2 Å². The molecule has 1 amide bonds. The van der Waals surface area contributed by atoms with E-state index in [0.717, 1.165) is 18.6 Å². The zero-order valence-corrected chi connectivity index (χ0v) is 11.6. The van der Waals surface area contributed by atoms with Crippen molar-refractivity contribution in [1.82, 2.24) is 4.90 Å². The molecule has 0 bridgehead atoms. The van der Waals surface area contributed by atoms with Gasteiger partial charge in [0.25, 0.3) is 5.91 Å². The molecule has 1 aromatic carbocycles. The molecule has 0 radical (unpaired) electrons. The SMILES string of the molecule is CCCN(CC)C(=O)c1cc(F)c(NCC)c(F)c1. The Bertz CT molecular complexity index is 426. The van der Waals surface area contributed by atoms with Crippen molar-refractivity contribution in [3.05, 3.63) is 29.3 Å². The van der Waals surface area contributed by atoms with E-state index in [9.17, 15) is 13.6 Å². The van der Waals surface area contributed by atoms with Crippen molar-refractivity contribution >= 4 is 11.6 Å². The van der Waals surface area contributed by atoms with E-state index in [1.165, 1.54) is 0 Å². The third-order valence-corrected chi connectivity index (χ3v) is 2.81. The lowest BCUT2D eigenvalue weighted by Gasteiger charge is -2.20. The molecule has 0 heterocycles. The van der Waals surface area contributed by atoms with Crippen LogP contribution in [-0.4, -0.2) is 30.4 Å². The van der Waals surface area contributed by atoms with Crippen LogP contribution in [-0.2, 0) is 0 Å². The fraction of sp³-hybridized carbons (Fsp3) is 0.500. The van der Waals surface area contributed by atoms with Crippen LogP contribution >= 0.6 is 0 Å². The number of halogens is 2. The maximum Gasteiger partial charge on any atom is 0.254 e. The Morgan fingerprint density at radius 1 is 1.21 bits per heavy atom. The smallest absolute Gasteiger partial charge is 0.254 e. The van der Waals surface area contributed by atoms with Crippen molar-refractivity contribution in [2.75, 3.05) is 25.0 Å². The van der Waals surface area contributed by atoms with Crippen LogP contribution in [0.1, 0.15) is 37.6 Å². The van der Waals surface area contributed by atoms with E-state index in [4.69, 9.17) is 0 Å². The molecule has 0 unspecified atom stereocenters. The van der Waals surface area contributed by atoms with Crippen molar-refractivity contribution in [3.63, 3.8) is 0 Å². The van der Waals surface area contributed by atoms with Gasteiger partial charge in [-0.2, -0.15) is 0 Å². The van der Waals surface area contributed by atoms with Gasteiger partial charge >= 0.3 is 0 Å². The first-order valence-electron chi connectivity index (χ1n) is 6.57. The maximum atomic E-state index is 13.7. The molecule has 0 aliphatic rings. The van der Waals surface area contributed by atoms with Gasteiger partial charge in [0.1, 0.15) is 17.3 Å². The molecule has 1 N–H and O–H groups in total. The second-order valence-electron chi connectivity index (χ2n) is 4.23. The Morgan fingerprint density at radius 2 is 1.79 bits per heavy atom. The van der Waals surface area contributed by atoms with Crippen LogP contribution < -0.4 is 5.32 Å². The summed E-state index contributed by atoms with van der Waals surface area (Å²) in [5, 5.41) is 2.60. The Labute approximate surface area is 112 Å². The van der Waals surface area contributed by atoms with E-state index in [2.05, 4.69) is 5.32 Å². The van der Waals surface area contributed by atoms with Crippen LogP contribution in [0.2, 0.25) is 0 Å². The zero-order chi connectivity index (χ0) is 14.4. The van der Waals surface area contributed by atoms with Gasteiger partial charge in [0.15, 0.2) is 0 Å². The van der Waals surface area contributed by atoms with E-state index in [1.807, 2.05) is 13.8 Å². The summed E-state index contributed by atoms with van der Waals surface area (Å²) in [5.74, 6) is -1.82. The van der Waals surface area contributed by atoms with Crippen LogP contribution in [0.3, 0.4) is 0 Å². The number of amides is 1. The molecule has 1 aromatic rings. The van der Waals surface area contributed by atoms with Crippen molar-refractivity contribution in [2.45, 2.75) is 27.2 Å². The van der Waals surface area contributed by atoms with Gasteiger partial charge < -0.3 is 10.2 Å². The number of anilines is 1. The van der Waals surface area contributed by atoms with Gasteiger partial charge in [-0.1, -0.05) is 6.92 Å². The predicted octanol–water partition coefficient (Wildman–Crippen LogP) is 3.27. The van der Waals surface area contributed by atoms with Gasteiger partial charge in [-0.3, -0.25) is 4.79 Å². The lowest BCUT2D eigenvalue weighted by molar-refractivity contribution is 0.0763. The molecular weight excluding hydrogens is 250 g/mol. The number of carbonyl (C=O) groups is 1. The summed E-state index contributed by atoms with van der Waals surface area (Å²) in [5.41, 5.74) is -0.135. The molecule has 1 rings (SSSR count). The lowest BCUT2D eigenvalue weighted by Crippen LogP contribution is -2.31. The highest BCUT2D eigenvalue weighted by atomic mass is 19.1. The Balaban J connectivity index is 3.05. The summed E-state index contributed by atoms with van der Waals surface area (Å²) in [7, 11) is 0. The average Bonchev–Trinajstić information content (AvgIpc) is 2.39. The third-order valence-electron chi connectivity index (χ3n) is 2.81. The minimum atomic E-state index is -0.738. The molecule has 3 nitrogen and oxygen atoms in total. The third kappa shape index (κ3) is 3.66. The van der Waals surface area contributed by atoms with Crippen LogP contribution in [0.25, 0.3) is 0 Å².